The van der Waals surface area contributed by atoms with Crippen molar-refractivity contribution in [3.05, 3.63) is 4.88 Å². The van der Waals surface area contributed by atoms with Gasteiger partial charge in [0.15, 0.2) is 5.13 Å². The number of nitrogens with two attached hydrogens (primary N) is 1. The maximum absolute atomic E-state index is 12.2. The summed E-state index contributed by atoms with van der Waals surface area (Å²) in [5.41, 5.74) is 5.87. The first kappa shape index (κ1) is 15.6. The summed E-state index contributed by atoms with van der Waals surface area (Å²) >= 11 is 1.30. The number of thiazole rings is 1. The predicted octanol–water partition coefficient (Wildman–Crippen LogP) is 1.09. The molecule has 0 aromatic carbocycles. The van der Waals surface area contributed by atoms with Gasteiger partial charge >= 0.3 is 0 Å². The first-order valence-electron chi connectivity index (χ1n) is 7.01. The number of anilines is 2. The number of carbonyl (C=O) groups excluding carboxylic acids is 1. The molecule has 2 rings (SSSR count). The lowest BCUT2D eigenvalue weighted by molar-refractivity contribution is 0.0949. The molecule has 1 aliphatic rings. The van der Waals surface area contributed by atoms with Crippen molar-refractivity contribution < 1.29 is 9.53 Å². The summed E-state index contributed by atoms with van der Waals surface area (Å²) in [7, 11) is 0. The van der Waals surface area contributed by atoms with E-state index in [1.54, 1.807) is 0 Å². The van der Waals surface area contributed by atoms with Gasteiger partial charge in [-0.3, -0.25) is 4.79 Å². The molecule has 0 bridgehead atoms. The van der Waals surface area contributed by atoms with E-state index in [0.29, 0.717) is 18.1 Å². The van der Waals surface area contributed by atoms with Crippen LogP contribution in [0.2, 0.25) is 0 Å². The third-order valence-electron chi connectivity index (χ3n) is 3.21. The first-order valence-corrected chi connectivity index (χ1v) is 7.83. The van der Waals surface area contributed by atoms with Crippen molar-refractivity contribution in [2.24, 2.45) is 0 Å². The van der Waals surface area contributed by atoms with Crippen LogP contribution in [-0.2, 0) is 4.74 Å². The Hall–Kier alpha value is -1.78. The number of rotatable bonds is 5. The summed E-state index contributed by atoms with van der Waals surface area (Å²) in [5, 5.41) is 3.57. The molecule has 0 spiro atoms. The highest BCUT2D eigenvalue weighted by molar-refractivity contribution is 7.18. The average molecular weight is 308 g/mol. The number of aromatic nitrogens is 1. The van der Waals surface area contributed by atoms with E-state index in [-0.39, 0.29) is 17.8 Å². The molecule has 0 saturated carbocycles. The minimum absolute atomic E-state index is 0.249. The van der Waals surface area contributed by atoms with E-state index in [9.17, 15) is 4.79 Å². The topological polar surface area (TPSA) is 80.5 Å². The van der Waals surface area contributed by atoms with Crippen LogP contribution in [0.5, 0.6) is 0 Å². The largest absolute Gasteiger partial charge is 0.382 e. The number of ether oxygens (including phenoxy) is 1. The zero-order valence-electron chi connectivity index (χ0n) is 12.1. The fourth-order valence-electron chi connectivity index (χ4n) is 2.08. The van der Waals surface area contributed by atoms with E-state index in [4.69, 9.17) is 16.9 Å². The Balaban J connectivity index is 2.07. The maximum Gasteiger partial charge on any atom is 0.266 e. The molecule has 21 heavy (non-hydrogen) atoms. The van der Waals surface area contributed by atoms with E-state index in [1.807, 2.05) is 6.92 Å². The summed E-state index contributed by atoms with van der Waals surface area (Å²) < 4.78 is 5.30. The highest BCUT2D eigenvalue weighted by atomic mass is 32.1. The number of carbonyl (C=O) groups is 1. The molecule has 1 unspecified atom stereocenters. The van der Waals surface area contributed by atoms with E-state index in [2.05, 4.69) is 21.1 Å². The molecule has 1 aliphatic heterocycles. The van der Waals surface area contributed by atoms with Gasteiger partial charge in [0.2, 0.25) is 0 Å². The molecule has 1 fully saturated rings. The molecule has 6 nitrogen and oxygen atoms in total. The van der Waals surface area contributed by atoms with Gasteiger partial charge < -0.3 is 20.7 Å². The van der Waals surface area contributed by atoms with E-state index >= 15 is 0 Å². The number of hydrogen-bond acceptors (Lipinski definition) is 6. The van der Waals surface area contributed by atoms with Gasteiger partial charge in [-0.25, -0.2) is 4.98 Å². The molecule has 2 heterocycles. The van der Waals surface area contributed by atoms with Gasteiger partial charge in [-0.1, -0.05) is 30.6 Å². The van der Waals surface area contributed by atoms with Crippen LogP contribution in [0.4, 0.5) is 10.9 Å². The molecule has 3 N–H and O–H groups in total. The molecule has 114 valence electrons. The molecular formula is C14H20N4O2S. The van der Waals surface area contributed by atoms with Crippen molar-refractivity contribution in [2.75, 3.05) is 36.9 Å². The van der Waals surface area contributed by atoms with Gasteiger partial charge in [-0.15, -0.1) is 6.42 Å². The number of amides is 1. The van der Waals surface area contributed by atoms with Crippen LogP contribution in [0.3, 0.4) is 0 Å². The van der Waals surface area contributed by atoms with E-state index < -0.39 is 0 Å². The van der Waals surface area contributed by atoms with Crippen molar-refractivity contribution in [3.63, 3.8) is 0 Å². The van der Waals surface area contributed by atoms with E-state index in [0.717, 1.165) is 31.1 Å². The van der Waals surface area contributed by atoms with Gasteiger partial charge in [-0.05, 0) is 6.42 Å². The minimum atomic E-state index is -0.268. The molecule has 1 aromatic rings. The van der Waals surface area contributed by atoms with Crippen LogP contribution in [0.25, 0.3) is 0 Å². The summed E-state index contributed by atoms with van der Waals surface area (Å²) in [6.07, 6.45) is 7.07. The number of nitrogen functional groups attached to an aromatic ring is 1. The summed E-state index contributed by atoms with van der Waals surface area (Å²) in [6, 6.07) is -0.268. The van der Waals surface area contributed by atoms with Crippen molar-refractivity contribution >= 4 is 28.2 Å². The smallest absolute Gasteiger partial charge is 0.266 e. The molecular weight excluding hydrogens is 288 g/mol. The van der Waals surface area contributed by atoms with Crippen LogP contribution >= 0.6 is 11.3 Å². The predicted molar refractivity (Wildman–Crippen MR) is 84.6 cm³/mol. The lowest BCUT2D eigenvalue weighted by Gasteiger charge is -2.25. The molecule has 1 amide bonds. The second-order valence-electron chi connectivity index (χ2n) is 4.79. The van der Waals surface area contributed by atoms with Gasteiger partial charge in [-0.2, -0.15) is 0 Å². The van der Waals surface area contributed by atoms with Crippen LogP contribution in [0.15, 0.2) is 0 Å². The third-order valence-corrected chi connectivity index (χ3v) is 4.34. The lowest BCUT2D eigenvalue weighted by Crippen LogP contribution is -2.36. The Morgan fingerprint density at radius 3 is 2.95 bits per heavy atom. The fraction of sp³-hybridized carbons (Fsp3) is 0.571. The van der Waals surface area contributed by atoms with Crippen LogP contribution in [0.1, 0.15) is 29.4 Å². The number of nitrogens with zero attached hydrogens (tertiary/aromatic N) is 2. The zero-order valence-corrected chi connectivity index (χ0v) is 12.9. The minimum Gasteiger partial charge on any atom is -0.382 e. The maximum atomic E-state index is 12.2. The first-order chi connectivity index (χ1) is 10.2. The van der Waals surface area contributed by atoms with Crippen molar-refractivity contribution in [3.8, 4) is 12.3 Å². The van der Waals surface area contributed by atoms with Crippen molar-refractivity contribution in [1.29, 1.82) is 0 Å². The zero-order chi connectivity index (χ0) is 15.2. The van der Waals surface area contributed by atoms with Gasteiger partial charge in [0.05, 0.1) is 19.3 Å². The van der Waals surface area contributed by atoms with Crippen LogP contribution in [-0.4, -0.2) is 43.2 Å². The second-order valence-corrected chi connectivity index (χ2v) is 5.77. The Labute approximate surface area is 128 Å². The number of nitrogens with one attached hydrogen (secondary N) is 1. The van der Waals surface area contributed by atoms with E-state index in [1.165, 1.54) is 11.3 Å². The lowest BCUT2D eigenvalue weighted by atomic mass is 10.2. The highest BCUT2D eigenvalue weighted by Gasteiger charge is 2.22. The molecule has 1 saturated heterocycles. The quantitative estimate of drug-likeness (QED) is 0.796. The third kappa shape index (κ3) is 3.86. The fourth-order valence-corrected chi connectivity index (χ4v) is 3.02. The standard InChI is InChI=1S/C14H20N4O2S/c1-3-5-10(4-2)16-13(19)11-12(15)17-14(21-11)18-6-8-20-9-7-18/h2,10H,3,5-9,15H2,1H3,(H,16,19). The highest BCUT2D eigenvalue weighted by Crippen LogP contribution is 2.28. The summed E-state index contributed by atoms with van der Waals surface area (Å²) in [5.74, 6) is 2.58. The number of morpholine rings is 1. The average Bonchev–Trinajstić information content (AvgIpc) is 2.89. The van der Waals surface area contributed by atoms with Crippen LogP contribution in [0, 0.1) is 12.3 Å². The monoisotopic (exact) mass is 308 g/mol. The number of hydrogen-bond donors (Lipinski definition) is 2. The van der Waals surface area contributed by atoms with Gasteiger partial charge in [0, 0.05) is 13.1 Å². The Morgan fingerprint density at radius 2 is 2.33 bits per heavy atom. The van der Waals surface area contributed by atoms with Crippen molar-refractivity contribution in [1.82, 2.24) is 10.3 Å². The Bertz CT molecular complexity index is 532. The van der Waals surface area contributed by atoms with Gasteiger partial charge in [0.1, 0.15) is 10.7 Å². The Morgan fingerprint density at radius 1 is 1.62 bits per heavy atom. The number of terminal acetylenes is 1. The van der Waals surface area contributed by atoms with Crippen molar-refractivity contribution in [2.45, 2.75) is 25.8 Å². The van der Waals surface area contributed by atoms with Gasteiger partial charge in [0.25, 0.3) is 5.91 Å². The molecule has 1 atom stereocenters. The van der Waals surface area contributed by atoms with Crippen LogP contribution < -0.4 is 16.0 Å². The molecule has 0 radical (unpaired) electrons. The second kappa shape index (κ2) is 7.29. The normalized spacial score (nSPS) is 16.3. The Kier molecular flexibility index (Phi) is 5.42. The molecule has 1 aromatic heterocycles. The molecule has 0 aliphatic carbocycles. The SMILES string of the molecule is C#CC(CCC)NC(=O)c1sc(N2CCOCC2)nc1N. The summed E-state index contributed by atoms with van der Waals surface area (Å²) in [6.45, 7) is 4.87. The summed E-state index contributed by atoms with van der Waals surface area (Å²) in [4.78, 5) is 19.0. The molecule has 7 heteroatoms.